The minimum Gasteiger partial charge on any atom is -0.494 e. The third-order valence-electron chi connectivity index (χ3n) is 4.30. The molecule has 0 spiro atoms. The Morgan fingerprint density at radius 2 is 1.39 bits per heavy atom. The van der Waals surface area contributed by atoms with Crippen molar-refractivity contribution in [2.75, 3.05) is 32.2 Å². The van der Waals surface area contributed by atoms with E-state index < -0.39 is 0 Å². The molecule has 0 bridgehead atoms. The number of hydrogen-bond donors (Lipinski definition) is 1. The van der Waals surface area contributed by atoms with Gasteiger partial charge in [0.2, 0.25) is 0 Å². The number of nitrogens with one attached hydrogen (secondary N) is 1. The summed E-state index contributed by atoms with van der Waals surface area (Å²) >= 11 is 0. The Morgan fingerprint density at radius 1 is 0.786 bits per heavy atom. The molecule has 2 aromatic rings. The third kappa shape index (κ3) is 8.01. The zero-order valence-corrected chi connectivity index (χ0v) is 16.9. The smallest absolute Gasteiger partial charge is 0.255 e. The van der Waals surface area contributed by atoms with E-state index in [4.69, 9.17) is 14.2 Å². The highest BCUT2D eigenvalue weighted by atomic mass is 16.5. The summed E-state index contributed by atoms with van der Waals surface area (Å²) in [5, 5.41) is 2.89. The predicted molar refractivity (Wildman–Crippen MR) is 112 cm³/mol. The Bertz CT molecular complexity index is 683. The maximum atomic E-state index is 12.4. The van der Waals surface area contributed by atoms with Gasteiger partial charge in [-0.05, 0) is 55.0 Å². The van der Waals surface area contributed by atoms with Gasteiger partial charge < -0.3 is 19.5 Å². The number of hydrogen-bond acceptors (Lipinski definition) is 4. The number of amides is 1. The van der Waals surface area contributed by atoms with Crippen molar-refractivity contribution in [3.05, 3.63) is 54.1 Å². The van der Waals surface area contributed by atoms with Gasteiger partial charge in [0.15, 0.2) is 0 Å². The average molecular weight is 386 g/mol. The molecule has 152 valence electrons. The molecule has 5 heteroatoms. The number of rotatable bonds is 13. The van der Waals surface area contributed by atoms with Crippen molar-refractivity contribution in [2.45, 2.75) is 39.0 Å². The summed E-state index contributed by atoms with van der Waals surface area (Å²) in [5.41, 5.74) is 1.31. The van der Waals surface area contributed by atoms with Crippen molar-refractivity contribution in [1.82, 2.24) is 0 Å². The number of ether oxygens (including phenoxy) is 3. The highest BCUT2D eigenvalue weighted by molar-refractivity contribution is 6.04. The Labute approximate surface area is 168 Å². The standard InChI is InChI=1S/C23H31NO4/c1-3-4-5-6-7-16-27-22-14-10-20(11-15-22)24-23(25)19-8-12-21(13-9-19)28-18-17-26-2/h8-15H,3-7,16-18H2,1-2H3,(H,24,25). The first-order chi connectivity index (χ1) is 13.7. The second-order valence-electron chi connectivity index (χ2n) is 6.61. The number of unbranched alkanes of at least 4 members (excludes halogenated alkanes) is 4. The zero-order chi connectivity index (χ0) is 20.0. The lowest BCUT2D eigenvalue weighted by Gasteiger charge is -2.09. The molecule has 5 nitrogen and oxygen atoms in total. The monoisotopic (exact) mass is 385 g/mol. The number of benzene rings is 2. The van der Waals surface area contributed by atoms with Gasteiger partial charge in [0, 0.05) is 18.4 Å². The van der Waals surface area contributed by atoms with Crippen molar-refractivity contribution in [3.8, 4) is 11.5 Å². The quantitative estimate of drug-likeness (QED) is 0.475. The molecule has 0 fully saturated rings. The van der Waals surface area contributed by atoms with E-state index in [1.54, 1.807) is 31.4 Å². The first kappa shape index (κ1) is 21.8. The highest BCUT2D eigenvalue weighted by Gasteiger charge is 2.07. The topological polar surface area (TPSA) is 56.8 Å². The molecular weight excluding hydrogens is 354 g/mol. The van der Waals surface area contributed by atoms with Crippen LogP contribution in [0.1, 0.15) is 49.4 Å². The molecule has 0 saturated heterocycles. The molecule has 1 N–H and O–H groups in total. The molecule has 2 rings (SSSR count). The van der Waals surface area contributed by atoms with Crippen LogP contribution in [0.4, 0.5) is 5.69 Å². The van der Waals surface area contributed by atoms with Crippen LogP contribution in [0.25, 0.3) is 0 Å². The van der Waals surface area contributed by atoms with Gasteiger partial charge in [-0.2, -0.15) is 0 Å². The van der Waals surface area contributed by atoms with E-state index in [0.29, 0.717) is 24.5 Å². The van der Waals surface area contributed by atoms with Crippen molar-refractivity contribution < 1.29 is 19.0 Å². The largest absolute Gasteiger partial charge is 0.494 e. The lowest BCUT2D eigenvalue weighted by Crippen LogP contribution is -2.12. The molecule has 0 atom stereocenters. The lowest BCUT2D eigenvalue weighted by molar-refractivity contribution is 0.102. The average Bonchev–Trinajstić information content (AvgIpc) is 2.72. The van der Waals surface area contributed by atoms with Crippen molar-refractivity contribution in [1.29, 1.82) is 0 Å². The second-order valence-corrected chi connectivity index (χ2v) is 6.61. The Morgan fingerprint density at radius 3 is 2.04 bits per heavy atom. The molecule has 0 heterocycles. The highest BCUT2D eigenvalue weighted by Crippen LogP contribution is 2.18. The fourth-order valence-electron chi connectivity index (χ4n) is 2.68. The molecule has 0 aliphatic carbocycles. The van der Waals surface area contributed by atoms with E-state index in [1.165, 1.54) is 25.7 Å². The molecule has 0 unspecified atom stereocenters. The Balaban J connectivity index is 1.75. The van der Waals surface area contributed by atoms with Gasteiger partial charge >= 0.3 is 0 Å². The van der Waals surface area contributed by atoms with E-state index in [9.17, 15) is 4.79 Å². The van der Waals surface area contributed by atoms with Crippen LogP contribution >= 0.6 is 0 Å². The van der Waals surface area contributed by atoms with Gasteiger partial charge in [0.25, 0.3) is 5.91 Å². The zero-order valence-electron chi connectivity index (χ0n) is 16.9. The summed E-state index contributed by atoms with van der Waals surface area (Å²) in [6.45, 7) is 3.95. The third-order valence-corrected chi connectivity index (χ3v) is 4.30. The summed E-state index contributed by atoms with van der Waals surface area (Å²) in [6.07, 6.45) is 6.09. The van der Waals surface area contributed by atoms with E-state index in [1.807, 2.05) is 24.3 Å². The normalized spacial score (nSPS) is 10.5. The molecular formula is C23H31NO4. The van der Waals surface area contributed by atoms with Gasteiger partial charge in [-0.3, -0.25) is 4.79 Å². The van der Waals surface area contributed by atoms with Crippen LogP contribution in [0.15, 0.2) is 48.5 Å². The van der Waals surface area contributed by atoms with Crippen molar-refractivity contribution in [2.24, 2.45) is 0 Å². The van der Waals surface area contributed by atoms with Crippen LogP contribution in [0.3, 0.4) is 0 Å². The molecule has 0 aliphatic heterocycles. The number of methoxy groups -OCH3 is 1. The molecule has 0 aromatic heterocycles. The summed E-state index contributed by atoms with van der Waals surface area (Å²) in [6, 6.07) is 14.5. The van der Waals surface area contributed by atoms with E-state index in [0.717, 1.165) is 24.5 Å². The van der Waals surface area contributed by atoms with Gasteiger partial charge in [-0.1, -0.05) is 32.6 Å². The SMILES string of the molecule is CCCCCCCOc1ccc(NC(=O)c2ccc(OCCOC)cc2)cc1. The van der Waals surface area contributed by atoms with Crippen LogP contribution < -0.4 is 14.8 Å². The molecule has 28 heavy (non-hydrogen) atoms. The maximum absolute atomic E-state index is 12.4. The molecule has 0 radical (unpaired) electrons. The molecule has 1 amide bonds. The van der Waals surface area contributed by atoms with Gasteiger partial charge in [0.1, 0.15) is 18.1 Å². The van der Waals surface area contributed by atoms with Crippen LogP contribution in [0.5, 0.6) is 11.5 Å². The number of carbonyl (C=O) groups excluding carboxylic acids is 1. The van der Waals surface area contributed by atoms with E-state index >= 15 is 0 Å². The van der Waals surface area contributed by atoms with Gasteiger partial charge in [-0.25, -0.2) is 0 Å². The summed E-state index contributed by atoms with van der Waals surface area (Å²) in [7, 11) is 1.63. The van der Waals surface area contributed by atoms with E-state index in [-0.39, 0.29) is 5.91 Å². The van der Waals surface area contributed by atoms with Crippen molar-refractivity contribution >= 4 is 11.6 Å². The molecule has 2 aromatic carbocycles. The molecule has 0 aliphatic rings. The number of anilines is 1. The van der Waals surface area contributed by atoms with Gasteiger partial charge in [0.05, 0.1) is 13.2 Å². The summed E-state index contributed by atoms with van der Waals surface area (Å²) in [5.74, 6) is 1.38. The van der Waals surface area contributed by atoms with Crippen LogP contribution in [-0.4, -0.2) is 32.8 Å². The Kier molecular flexibility index (Phi) is 9.94. The summed E-state index contributed by atoms with van der Waals surface area (Å²) in [4.78, 5) is 12.4. The van der Waals surface area contributed by atoms with E-state index in [2.05, 4.69) is 12.2 Å². The maximum Gasteiger partial charge on any atom is 0.255 e. The van der Waals surface area contributed by atoms with Crippen LogP contribution in [0.2, 0.25) is 0 Å². The minimum absolute atomic E-state index is 0.159. The van der Waals surface area contributed by atoms with Crippen LogP contribution in [0, 0.1) is 0 Å². The fourth-order valence-corrected chi connectivity index (χ4v) is 2.68. The predicted octanol–water partition coefficient (Wildman–Crippen LogP) is 5.31. The number of carbonyl (C=O) groups is 1. The Hall–Kier alpha value is -2.53. The first-order valence-corrected chi connectivity index (χ1v) is 9.99. The first-order valence-electron chi connectivity index (χ1n) is 9.99. The second kappa shape index (κ2) is 12.8. The minimum atomic E-state index is -0.159. The summed E-state index contributed by atoms with van der Waals surface area (Å²) < 4.78 is 16.2. The van der Waals surface area contributed by atoms with Crippen molar-refractivity contribution in [3.63, 3.8) is 0 Å². The fraction of sp³-hybridized carbons (Fsp3) is 0.435. The lowest BCUT2D eigenvalue weighted by atomic mass is 10.2. The van der Waals surface area contributed by atoms with Crippen LogP contribution in [-0.2, 0) is 4.74 Å². The van der Waals surface area contributed by atoms with Gasteiger partial charge in [-0.15, -0.1) is 0 Å². The molecule has 0 saturated carbocycles.